The van der Waals surface area contributed by atoms with Gasteiger partial charge in [0.2, 0.25) is 0 Å². The number of amides is 1. The van der Waals surface area contributed by atoms with Gasteiger partial charge in [-0.05, 0) is 40.9 Å². The first-order valence-corrected chi connectivity index (χ1v) is 7.63. The third kappa shape index (κ3) is 3.49. The first-order chi connectivity index (χ1) is 10.1. The van der Waals surface area contributed by atoms with Crippen LogP contribution in [0.3, 0.4) is 0 Å². The molecule has 116 valence electrons. The Morgan fingerprint density at radius 3 is 2.10 bits per heavy atom. The Morgan fingerprint density at radius 1 is 1.14 bits per heavy atom. The maximum absolute atomic E-state index is 12.6. The zero-order chi connectivity index (χ0) is 15.4. The van der Waals surface area contributed by atoms with E-state index in [-0.39, 0.29) is 12.0 Å². The van der Waals surface area contributed by atoms with Crippen LogP contribution < -0.4 is 9.47 Å². The highest BCUT2D eigenvalue weighted by Gasteiger charge is 2.24. The van der Waals surface area contributed by atoms with E-state index in [0.29, 0.717) is 34.6 Å². The van der Waals surface area contributed by atoms with Gasteiger partial charge in [-0.1, -0.05) is 0 Å². The quantitative estimate of drug-likeness (QED) is 0.831. The van der Waals surface area contributed by atoms with Gasteiger partial charge >= 0.3 is 0 Å². The van der Waals surface area contributed by atoms with Crippen molar-refractivity contribution in [3.63, 3.8) is 0 Å². The van der Waals surface area contributed by atoms with Gasteiger partial charge < -0.3 is 19.1 Å². The molecule has 1 fully saturated rings. The molecule has 1 aliphatic rings. The predicted octanol–water partition coefficient (Wildman–Crippen LogP) is 2.72. The molecule has 5 nitrogen and oxygen atoms in total. The summed E-state index contributed by atoms with van der Waals surface area (Å²) in [6, 6.07) is 3.47. The van der Waals surface area contributed by atoms with Crippen LogP contribution in [0.4, 0.5) is 0 Å². The monoisotopic (exact) mass is 357 g/mol. The summed E-state index contributed by atoms with van der Waals surface area (Å²) in [5.41, 5.74) is 0.572. The Morgan fingerprint density at radius 2 is 1.67 bits per heavy atom. The van der Waals surface area contributed by atoms with Crippen LogP contribution in [0.5, 0.6) is 11.5 Å². The lowest BCUT2D eigenvalue weighted by Crippen LogP contribution is -2.40. The number of methoxy groups -OCH3 is 3. The zero-order valence-corrected chi connectivity index (χ0v) is 14.1. The molecule has 0 spiro atoms. The summed E-state index contributed by atoms with van der Waals surface area (Å²) in [4.78, 5) is 14.4. The maximum Gasteiger partial charge on any atom is 0.254 e. The SMILES string of the molecule is COc1cc(C(=O)N2CCC(OC)CC2)cc(OC)c1Br. The van der Waals surface area contributed by atoms with Crippen molar-refractivity contribution in [2.45, 2.75) is 18.9 Å². The Bertz CT molecular complexity index is 487. The minimum absolute atomic E-state index is 0.00588. The first-order valence-electron chi connectivity index (χ1n) is 6.84. The molecular weight excluding hydrogens is 338 g/mol. The number of hydrogen-bond donors (Lipinski definition) is 0. The van der Waals surface area contributed by atoms with Gasteiger partial charge in [0.25, 0.3) is 5.91 Å². The van der Waals surface area contributed by atoms with Gasteiger partial charge in [0.05, 0.1) is 20.3 Å². The van der Waals surface area contributed by atoms with Crippen LogP contribution in [0.25, 0.3) is 0 Å². The number of likely N-dealkylation sites (tertiary alicyclic amines) is 1. The van der Waals surface area contributed by atoms with Crippen molar-refractivity contribution in [1.29, 1.82) is 0 Å². The molecule has 0 aromatic heterocycles. The molecule has 0 N–H and O–H groups in total. The number of piperidine rings is 1. The minimum atomic E-state index is -0.00588. The van der Waals surface area contributed by atoms with Gasteiger partial charge in [-0.25, -0.2) is 0 Å². The number of carbonyl (C=O) groups is 1. The van der Waals surface area contributed by atoms with Gasteiger partial charge in [-0.15, -0.1) is 0 Å². The van der Waals surface area contributed by atoms with E-state index in [1.807, 2.05) is 4.90 Å². The molecule has 1 saturated heterocycles. The maximum atomic E-state index is 12.6. The second-order valence-electron chi connectivity index (χ2n) is 4.92. The lowest BCUT2D eigenvalue weighted by Gasteiger charge is -2.31. The number of ether oxygens (including phenoxy) is 3. The third-order valence-electron chi connectivity index (χ3n) is 3.76. The van der Waals surface area contributed by atoms with Crippen LogP contribution in [-0.2, 0) is 4.74 Å². The summed E-state index contributed by atoms with van der Waals surface area (Å²) in [5, 5.41) is 0. The lowest BCUT2D eigenvalue weighted by molar-refractivity contribution is 0.0350. The summed E-state index contributed by atoms with van der Waals surface area (Å²) in [5.74, 6) is 1.17. The van der Waals surface area contributed by atoms with Crippen molar-refractivity contribution in [1.82, 2.24) is 4.90 Å². The molecule has 1 aliphatic heterocycles. The van der Waals surface area contributed by atoms with Crippen molar-refractivity contribution in [2.75, 3.05) is 34.4 Å². The molecule has 0 bridgehead atoms. The Labute approximate surface area is 133 Å². The molecule has 0 unspecified atom stereocenters. The number of benzene rings is 1. The van der Waals surface area contributed by atoms with Crippen molar-refractivity contribution in [2.24, 2.45) is 0 Å². The van der Waals surface area contributed by atoms with Crippen LogP contribution in [-0.4, -0.2) is 51.3 Å². The number of hydrogen-bond acceptors (Lipinski definition) is 4. The molecule has 1 heterocycles. The number of rotatable bonds is 4. The molecule has 1 aromatic rings. The van der Waals surface area contributed by atoms with E-state index >= 15 is 0 Å². The summed E-state index contributed by atoms with van der Waals surface area (Å²) in [6.45, 7) is 1.41. The highest BCUT2D eigenvalue weighted by Crippen LogP contribution is 2.36. The van der Waals surface area contributed by atoms with Gasteiger partial charge in [0.1, 0.15) is 16.0 Å². The normalized spacial score (nSPS) is 15.9. The summed E-state index contributed by atoms with van der Waals surface area (Å²) in [7, 11) is 4.85. The zero-order valence-electron chi connectivity index (χ0n) is 12.5. The summed E-state index contributed by atoms with van der Waals surface area (Å²) in [6.07, 6.45) is 1.99. The average molecular weight is 358 g/mol. The number of carbonyl (C=O) groups excluding carboxylic acids is 1. The standard InChI is InChI=1S/C15H20BrNO4/c1-19-11-4-6-17(7-5-11)15(18)10-8-12(20-2)14(16)13(9-10)21-3/h8-9,11H,4-7H2,1-3H3. The topological polar surface area (TPSA) is 48.0 Å². The third-order valence-corrected chi connectivity index (χ3v) is 4.54. The molecule has 0 atom stereocenters. The molecule has 0 saturated carbocycles. The van der Waals surface area contributed by atoms with E-state index < -0.39 is 0 Å². The van der Waals surface area contributed by atoms with E-state index in [4.69, 9.17) is 14.2 Å². The lowest BCUT2D eigenvalue weighted by atomic mass is 10.1. The molecular formula is C15H20BrNO4. The fraction of sp³-hybridized carbons (Fsp3) is 0.533. The second-order valence-corrected chi connectivity index (χ2v) is 5.72. The van der Waals surface area contributed by atoms with E-state index in [1.165, 1.54) is 0 Å². The summed E-state index contributed by atoms with van der Waals surface area (Å²) >= 11 is 3.41. The Balaban J connectivity index is 2.19. The number of halogens is 1. The van der Waals surface area contributed by atoms with E-state index in [9.17, 15) is 4.79 Å². The van der Waals surface area contributed by atoms with Gasteiger partial charge in [0.15, 0.2) is 0 Å². The van der Waals surface area contributed by atoms with Crippen LogP contribution in [0.15, 0.2) is 16.6 Å². The highest BCUT2D eigenvalue weighted by molar-refractivity contribution is 9.10. The van der Waals surface area contributed by atoms with Crippen molar-refractivity contribution >= 4 is 21.8 Å². The fourth-order valence-electron chi connectivity index (χ4n) is 2.47. The van der Waals surface area contributed by atoms with Crippen LogP contribution in [0, 0.1) is 0 Å². The van der Waals surface area contributed by atoms with E-state index in [1.54, 1.807) is 33.5 Å². The molecule has 21 heavy (non-hydrogen) atoms. The smallest absolute Gasteiger partial charge is 0.254 e. The Kier molecular flexibility index (Phi) is 5.47. The van der Waals surface area contributed by atoms with Crippen LogP contribution in [0.1, 0.15) is 23.2 Å². The average Bonchev–Trinajstić information content (AvgIpc) is 2.54. The van der Waals surface area contributed by atoms with Crippen LogP contribution >= 0.6 is 15.9 Å². The first kappa shape index (κ1) is 16.1. The van der Waals surface area contributed by atoms with E-state index in [2.05, 4.69) is 15.9 Å². The fourth-order valence-corrected chi connectivity index (χ4v) is 3.02. The molecule has 1 aromatic carbocycles. The van der Waals surface area contributed by atoms with Gasteiger partial charge in [0, 0.05) is 25.8 Å². The number of nitrogens with zero attached hydrogens (tertiary/aromatic N) is 1. The largest absolute Gasteiger partial charge is 0.495 e. The van der Waals surface area contributed by atoms with Crippen molar-refractivity contribution in [3.05, 3.63) is 22.2 Å². The molecule has 6 heteroatoms. The van der Waals surface area contributed by atoms with Gasteiger partial charge in [-0.2, -0.15) is 0 Å². The van der Waals surface area contributed by atoms with Crippen molar-refractivity contribution < 1.29 is 19.0 Å². The van der Waals surface area contributed by atoms with Crippen molar-refractivity contribution in [3.8, 4) is 11.5 Å². The van der Waals surface area contributed by atoms with E-state index in [0.717, 1.165) is 12.8 Å². The molecule has 1 amide bonds. The highest BCUT2D eigenvalue weighted by atomic mass is 79.9. The molecule has 2 rings (SSSR count). The van der Waals surface area contributed by atoms with Gasteiger partial charge in [-0.3, -0.25) is 4.79 Å². The minimum Gasteiger partial charge on any atom is -0.495 e. The predicted molar refractivity (Wildman–Crippen MR) is 83.2 cm³/mol. The molecule has 0 radical (unpaired) electrons. The molecule has 0 aliphatic carbocycles. The second kappa shape index (κ2) is 7.13. The Hall–Kier alpha value is -1.27. The summed E-state index contributed by atoms with van der Waals surface area (Å²) < 4.78 is 16.6. The van der Waals surface area contributed by atoms with Crippen LogP contribution in [0.2, 0.25) is 0 Å².